The number of nitrogens with zero attached hydrogens (tertiary/aromatic N) is 1. The van der Waals surface area contributed by atoms with Gasteiger partial charge in [-0.15, -0.1) is 0 Å². The largest absolute Gasteiger partial charge is 0.459 e. The van der Waals surface area contributed by atoms with Crippen LogP contribution in [0.1, 0.15) is 22.5 Å². The molecule has 1 aliphatic rings. The summed E-state index contributed by atoms with van der Waals surface area (Å²) in [6, 6.07) is 8.45. The van der Waals surface area contributed by atoms with E-state index in [1.807, 2.05) is 0 Å². The van der Waals surface area contributed by atoms with Gasteiger partial charge in [0.15, 0.2) is 5.76 Å². The second-order valence-electron chi connectivity index (χ2n) is 5.18. The minimum absolute atomic E-state index is 0.184. The van der Waals surface area contributed by atoms with Gasteiger partial charge in [-0.3, -0.25) is 9.10 Å². The molecule has 0 atom stereocenters. The monoisotopic (exact) mass is 320 g/mol. The van der Waals surface area contributed by atoms with Crippen LogP contribution in [0.4, 0.5) is 11.4 Å². The zero-order valence-corrected chi connectivity index (χ0v) is 12.9. The van der Waals surface area contributed by atoms with Crippen LogP contribution in [-0.2, 0) is 10.0 Å². The molecule has 22 heavy (non-hydrogen) atoms. The molecule has 0 bridgehead atoms. The molecule has 116 valence electrons. The number of amides is 1. The lowest BCUT2D eigenvalue weighted by Gasteiger charge is -2.17. The minimum Gasteiger partial charge on any atom is -0.459 e. The molecule has 1 fully saturated rings. The van der Waals surface area contributed by atoms with Crippen LogP contribution in [0.5, 0.6) is 0 Å². The van der Waals surface area contributed by atoms with Gasteiger partial charge in [-0.25, -0.2) is 8.42 Å². The Bertz CT molecular complexity index is 793. The van der Waals surface area contributed by atoms with Crippen LogP contribution < -0.4 is 9.62 Å². The smallest absolute Gasteiger partial charge is 0.291 e. The highest BCUT2D eigenvalue weighted by molar-refractivity contribution is 7.93. The molecule has 6 nitrogen and oxygen atoms in total. The van der Waals surface area contributed by atoms with Crippen molar-refractivity contribution in [1.29, 1.82) is 0 Å². The number of furan rings is 1. The van der Waals surface area contributed by atoms with Gasteiger partial charge in [-0.1, -0.05) is 0 Å². The minimum atomic E-state index is -3.19. The fourth-order valence-electron chi connectivity index (χ4n) is 2.43. The average Bonchev–Trinajstić information content (AvgIpc) is 3.05. The van der Waals surface area contributed by atoms with Crippen molar-refractivity contribution in [2.75, 3.05) is 21.9 Å². The first-order valence-electron chi connectivity index (χ1n) is 6.93. The molecule has 1 aromatic heterocycles. The van der Waals surface area contributed by atoms with E-state index in [2.05, 4.69) is 5.32 Å². The maximum Gasteiger partial charge on any atom is 0.291 e. The van der Waals surface area contributed by atoms with Crippen molar-refractivity contribution in [3.8, 4) is 0 Å². The molecule has 2 heterocycles. The van der Waals surface area contributed by atoms with Gasteiger partial charge in [0, 0.05) is 17.8 Å². The van der Waals surface area contributed by atoms with Crippen molar-refractivity contribution in [2.24, 2.45) is 0 Å². The first-order chi connectivity index (χ1) is 10.5. The highest BCUT2D eigenvalue weighted by Crippen LogP contribution is 2.25. The molecule has 0 unspecified atom stereocenters. The van der Waals surface area contributed by atoms with Crippen molar-refractivity contribution in [3.05, 3.63) is 47.9 Å². The standard InChI is InChI=1S/C15H16N2O4S/c1-11-7-9-21-14(11)15(18)16-12-3-5-13(6-4-12)17-8-2-10-22(17,19)20/h3-7,9H,2,8,10H2,1H3,(H,16,18). The summed E-state index contributed by atoms with van der Waals surface area (Å²) in [5.74, 6) is 0.124. The molecule has 1 aliphatic heterocycles. The van der Waals surface area contributed by atoms with Gasteiger partial charge in [0.2, 0.25) is 10.0 Å². The maximum absolute atomic E-state index is 12.0. The van der Waals surface area contributed by atoms with Crippen LogP contribution in [0.25, 0.3) is 0 Å². The second kappa shape index (κ2) is 5.49. The van der Waals surface area contributed by atoms with Gasteiger partial charge < -0.3 is 9.73 Å². The molecule has 0 aliphatic carbocycles. The number of nitrogens with one attached hydrogen (secondary N) is 1. The molecule has 2 aromatic rings. The summed E-state index contributed by atoms with van der Waals surface area (Å²) in [5.41, 5.74) is 1.96. The van der Waals surface area contributed by atoms with Gasteiger partial charge in [0.1, 0.15) is 0 Å². The molecule has 1 saturated heterocycles. The molecule has 1 aromatic carbocycles. The Labute approximate surface area is 128 Å². The predicted molar refractivity (Wildman–Crippen MR) is 83.6 cm³/mol. The SMILES string of the molecule is Cc1ccoc1C(=O)Nc1ccc(N2CCCS2(=O)=O)cc1. The number of anilines is 2. The number of hydrogen-bond donors (Lipinski definition) is 1. The molecule has 3 rings (SSSR count). The van der Waals surface area contributed by atoms with E-state index in [0.717, 1.165) is 5.56 Å². The number of aryl methyl sites for hydroxylation is 1. The Morgan fingerprint density at radius 2 is 1.95 bits per heavy atom. The second-order valence-corrected chi connectivity index (χ2v) is 7.19. The number of carbonyl (C=O) groups is 1. The third kappa shape index (κ3) is 2.71. The van der Waals surface area contributed by atoms with E-state index in [0.29, 0.717) is 24.3 Å². The summed E-state index contributed by atoms with van der Waals surface area (Å²) in [6.07, 6.45) is 2.10. The number of rotatable bonds is 3. The van der Waals surface area contributed by atoms with Crippen molar-refractivity contribution in [3.63, 3.8) is 0 Å². The molecule has 7 heteroatoms. The predicted octanol–water partition coefficient (Wildman–Crippen LogP) is 2.38. The maximum atomic E-state index is 12.0. The van der Waals surface area contributed by atoms with E-state index >= 15 is 0 Å². The Morgan fingerprint density at radius 3 is 2.50 bits per heavy atom. The Morgan fingerprint density at radius 1 is 1.23 bits per heavy atom. The van der Waals surface area contributed by atoms with Gasteiger partial charge >= 0.3 is 0 Å². The molecular formula is C15H16N2O4S. The number of sulfonamides is 1. The van der Waals surface area contributed by atoms with Crippen molar-refractivity contribution in [2.45, 2.75) is 13.3 Å². The first-order valence-corrected chi connectivity index (χ1v) is 8.54. The van der Waals surface area contributed by atoms with E-state index in [1.165, 1.54) is 10.6 Å². The van der Waals surface area contributed by atoms with Crippen LogP contribution >= 0.6 is 0 Å². The molecule has 0 radical (unpaired) electrons. The third-order valence-corrected chi connectivity index (χ3v) is 5.45. The third-order valence-electron chi connectivity index (χ3n) is 3.58. The summed E-state index contributed by atoms with van der Waals surface area (Å²) in [6.45, 7) is 2.29. The van der Waals surface area contributed by atoms with Crippen LogP contribution in [0, 0.1) is 6.92 Å². The van der Waals surface area contributed by atoms with E-state index in [4.69, 9.17) is 4.42 Å². The van der Waals surface area contributed by atoms with Gasteiger partial charge in [0.05, 0.1) is 17.7 Å². The zero-order valence-electron chi connectivity index (χ0n) is 12.1. The van der Waals surface area contributed by atoms with E-state index < -0.39 is 10.0 Å². The van der Waals surface area contributed by atoms with Gasteiger partial charge in [-0.05, 0) is 43.7 Å². The summed E-state index contributed by atoms with van der Waals surface area (Å²) in [7, 11) is -3.19. The Hall–Kier alpha value is -2.28. The normalized spacial score (nSPS) is 16.7. The van der Waals surface area contributed by atoms with Crippen molar-refractivity contribution < 1.29 is 17.6 Å². The molecular weight excluding hydrogens is 304 g/mol. The van der Waals surface area contributed by atoms with Crippen LogP contribution in [-0.4, -0.2) is 26.6 Å². The number of benzene rings is 1. The first kappa shape index (κ1) is 14.6. The van der Waals surface area contributed by atoms with Gasteiger partial charge in [-0.2, -0.15) is 0 Å². The van der Waals surface area contributed by atoms with Gasteiger partial charge in [0.25, 0.3) is 5.91 Å². The summed E-state index contributed by atoms with van der Waals surface area (Å²) in [5, 5.41) is 2.72. The van der Waals surface area contributed by atoms with Crippen LogP contribution in [0.15, 0.2) is 41.0 Å². The van der Waals surface area contributed by atoms with E-state index in [1.54, 1.807) is 37.3 Å². The molecule has 1 N–H and O–H groups in total. The summed E-state index contributed by atoms with van der Waals surface area (Å²) < 4.78 is 30.3. The lowest BCUT2D eigenvalue weighted by Crippen LogP contribution is -2.25. The number of hydrogen-bond acceptors (Lipinski definition) is 4. The summed E-state index contributed by atoms with van der Waals surface area (Å²) >= 11 is 0. The highest BCUT2D eigenvalue weighted by atomic mass is 32.2. The topological polar surface area (TPSA) is 79.6 Å². The van der Waals surface area contributed by atoms with Crippen molar-refractivity contribution >= 4 is 27.3 Å². The van der Waals surface area contributed by atoms with E-state index in [9.17, 15) is 13.2 Å². The van der Waals surface area contributed by atoms with Crippen LogP contribution in [0.3, 0.4) is 0 Å². The molecule has 0 spiro atoms. The van der Waals surface area contributed by atoms with Crippen molar-refractivity contribution in [1.82, 2.24) is 0 Å². The zero-order chi connectivity index (χ0) is 15.7. The fourth-order valence-corrected chi connectivity index (χ4v) is 4.00. The number of carbonyl (C=O) groups excluding carboxylic acids is 1. The molecule has 1 amide bonds. The average molecular weight is 320 g/mol. The molecule has 0 saturated carbocycles. The van der Waals surface area contributed by atoms with E-state index in [-0.39, 0.29) is 17.4 Å². The van der Waals surface area contributed by atoms with Crippen LogP contribution in [0.2, 0.25) is 0 Å². The summed E-state index contributed by atoms with van der Waals surface area (Å²) in [4.78, 5) is 12.0. The lowest BCUT2D eigenvalue weighted by atomic mass is 10.2. The fraction of sp³-hybridized carbons (Fsp3) is 0.267. The lowest BCUT2D eigenvalue weighted by molar-refractivity contribution is 0.0996. The highest BCUT2D eigenvalue weighted by Gasteiger charge is 2.28. The Kier molecular flexibility index (Phi) is 3.66. The Balaban J connectivity index is 1.75. The quantitative estimate of drug-likeness (QED) is 0.941.